The van der Waals surface area contributed by atoms with E-state index in [1.54, 1.807) is 0 Å². The fraction of sp³-hybridized carbons (Fsp3) is 0.227. The van der Waals surface area contributed by atoms with Crippen LogP contribution in [0.3, 0.4) is 0 Å². The number of nitrogens with zero attached hydrogens (tertiary/aromatic N) is 3. The summed E-state index contributed by atoms with van der Waals surface area (Å²) in [5, 5.41) is 6.72. The van der Waals surface area contributed by atoms with E-state index in [1.807, 2.05) is 0 Å². The molecule has 0 fully saturated rings. The number of aromatic nitrogens is 2. The Balaban J connectivity index is 1.66. The predicted molar refractivity (Wildman–Crippen MR) is 117 cm³/mol. The second-order valence-electron chi connectivity index (χ2n) is 7.52. The van der Waals surface area contributed by atoms with Gasteiger partial charge in [-0.25, -0.2) is 17.9 Å². The molecule has 2 amide bonds. The lowest BCUT2D eigenvalue weighted by Crippen LogP contribution is -2.38. The zero-order valence-corrected chi connectivity index (χ0v) is 18.8. The number of rotatable bonds is 5. The number of anilines is 1. The minimum atomic E-state index is -1.03. The summed E-state index contributed by atoms with van der Waals surface area (Å²) in [4.78, 5) is 25.6. The van der Waals surface area contributed by atoms with Crippen LogP contribution in [0, 0.1) is 17.5 Å². The van der Waals surface area contributed by atoms with Gasteiger partial charge in [-0.3, -0.25) is 9.59 Å². The zero-order chi connectivity index (χ0) is 23.9. The van der Waals surface area contributed by atoms with Crippen molar-refractivity contribution in [2.24, 2.45) is 0 Å². The van der Waals surface area contributed by atoms with Crippen LogP contribution in [0.4, 0.5) is 18.9 Å². The molecule has 172 valence electrons. The van der Waals surface area contributed by atoms with E-state index in [0.29, 0.717) is 11.1 Å². The molecule has 33 heavy (non-hydrogen) atoms. The van der Waals surface area contributed by atoms with Gasteiger partial charge in [0.15, 0.2) is 23.1 Å². The molecule has 0 saturated heterocycles. The van der Waals surface area contributed by atoms with E-state index in [4.69, 9.17) is 23.2 Å². The molecule has 0 radical (unpaired) electrons. The van der Waals surface area contributed by atoms with Crippen molar-refractivity contribution in [3.05, 3.63) is 80.3 Å². The molecule has 0 spiro atoms. The molecule has 3 aromatic rings. The Morgan fingerprint density at radius 1 is 1.18 bits per heavy atom. The molecule has 0 bridgehead atoms. The number of benzene rings is 2. The summed E-state index contributed by atoms with van der Waals surface area (Å²) in [7, 11) is 0. The van der Waals surface area contributed by atoms with Gasteiger partial charge in [0.1, 0.15) is 5.15 Å². The van der Waals surface area contributed by atoms with Crippen LogP contribution in [-0.2, 0) is 24.3 Å². The molecule has 1 aliphatic rings. The fourth-order valence-electron chi connectivity index (χ4n) is 3.65. The molecular formula is C22H17Cl2F3N4O2. The van der Waals surface area contributed by atoms with E-state index < -0.39 is 23.4 Å². The van der Waals surface area contributed by atoms with Gasteiger partial charge in [0.2, 0.25) is 5.91 Å². The smallest absolute Gasteiger partial charge is 0.279 e. The molecule has 4 rings (SSSR count). The van der Waals surface area contributed by atoms with Gasteiger partial charge in [-0.05, 0) is 30.2 Å². The Morgan fingerprint density at radius 2 is 1.94 bits per heavy atom. The van der Waals surface area contributed by atoms with Crippen LogP contribution in [-0.4, -0.2) is 28.1 Å². The lowest BCUT2D eigenvalue weighted by atomic mass is 10.1. The van der Waals surface area contributed by atoms with E-state index >= 15 is 0 Å². The first-order chi connectivity index (χ1) is 15.7. The van der Waals surface area contributed by atoms with Gasteiger partial charge in [-0.1, -0.05) is 35.3 Å². The van der Waals surface area contributed by atoms with Gasteiger partial charge in [0, 0.05) is 31.1 Å². The molecule has 0 unspecified atom stereocenters. The lowest BCUT2D eigenvalue weighted by Gasteiger charge is -2.27. The molecule has 0 atom stereocenters. The summed E-state index contributed by atoms with van der Waals surface area (Å²) in [6.45, 7) is 1.37. The zero-order valence-electron chi connectivity index (χ0n) is 17.3. The second-order valence-corrected chi connectivity index (χ2v) is 8.28. The van der Waals surface area contributed by atoms with E-state index in [2.05, 4.69) is 10.4 Å². The van der Waals surface area contributed by atoms with Crippen molar-refractivity contribution in [1.82, 2.24) is 15.1 Å². The number of nitrogens with one attached hydrogen (secondary N) is 1. The number of amides is 2. The summed E-state index contributed by atoms with van der Waals surface area (Å²) in [5.74, 6) is -3.70. The van der Waals surface area contributed by atoms with Crippen molar-refractivity contribution in [1.29, 1.82) is 0 Å². The molecular weight excluding hydrogens is 480 g/mol. The van der Waals surface area contributed by atoms with E-state index in [1.165, 1.54) is 40.8 Å². The van der Waals surface area contributed by atoms with Crippen LogP contribution in [0.15, 0.2) is 30.3 Å². The Labute approximate surface area is 196 Å². The van der Waals surface area contributed by atoms with Crippen molar-refractivity contribution >= 4 is 40.7 Å². The average Bonchev–Trinajstić information content (AvgIpc) is 3.09. The highest BCUT2D eigenvalue weighted by molar-refractivity contribution is 6.32. The minimum Gasteiger partial charge on any atom is -0.352 e. The third-order valence-electron chi connectivity index (χ3n) is 5.27. The molecule has 1 aromatic heterocycles. The Hall–Kier alpha value is -3.04. The number of carbonyl (C=O) groups excluding carboxylic acids is 2. The highest BCUT2D eigenvalue weighted by Gasteiger charge is 2.33. The van der Waals surface area contributed by atoms with Crippen molar-refractivity contribution in [3.63, 3.8) is 0 Å². The maximum Gasteiger partial charge on any atom is 0.279 e. The standard InChI is InChI=1S/C22H17Cl2F3N4O2/c1-11(32)28-9-12-7-15(23)19(27)17(8-12)30-6-5-14-20(22(30)33)29-31(21(14)24)10-13-3-2-4-16(25)18(13)26/h2-4,7-8H,5-6,9-10H2,1H3,(H,28,32). The summed E-state index contributed by atoms with van der Waals surface area (Å²) >= 11 is 12.4. The maximum absolute atomic E-state index is 14.8. The van der Waals surface area contributed by atoms with Gasteiger partial charge in [-0.2, -0.15) is 5.10 Å². The largest absolute Gasteiger partial charge is 0.352 e. The highest BCUT2D eigenvalue weighted by Crippen LogP contribution is 2.33. The molecule has 2 aromatic carbocycles. The van der Waals surface area contributed by atoms with Crippen LogP contribution >= 0.6 is 23.2 Å². The molecule has 2 heterocycles. The second kappa shape index (κ2) is 9.07. The number of hydrogen-bond acceptors (Lipinski definition) is 3. The van der Waals surface area contributed by atoms with Crippen LogP contribution in [0.1, 0.15) is 34.1 Å². The third kappa shape index (κ3) is 4.43. The number of carbonyl (C=O) groups is 2. The normalized spacial score (nSPS) is 13.3. The molecule has 0 saturated carbocycles. The van der Waals surface area contributed by atoms with Crippen molar-refractivity contribution in [2.45, 2.75) is 26.4 Å². The van der Waals surface area contributed by atoms with Crippen LogP contribution in [0.5, 0.6) is 0 Å². The van der Waals surface area contributed by atoms with Gasteiger partial charge in [0.25, 0.3) is 5.91 Å². The first-order valence-electron chi connectivity index (χ1n) is 9.89. The first-order valence-corrected chi connectivity index (χ1v) is 10.6. The summed E-state index contributed by atoms with van der Waals surface area (Å²) < 4.78 is 43.7. The van der Waals surface area contributed by atoms with Gasteiger partial charge in [0.05, 0.1) is 17.3 Å². The topological polar surface area (TPSA) is 67.2 Å². The van der Waals surface area contributed by atoms with Crippen molar-refractivity contribution in [2.75, 3.05) is 11.4 Å². The van der Waals surface area contributed by atoms with Gasteiger partial charge in [-0.15, -0.1) is 0 Å². The fourth-order valence-corrected chi connectivity index (χ4v) is 4.16. The Bertz CT molecular complexity index is 1280. The highest BCUT2D eigenvalue weighted by atomic mass is 35.5. The predicted octanol–water partition coefficient (Wildman–Crippen LogP) is 4.49. The molecule has 0 aliphatic carbocycles. The van der Waals surface area contributed by atoms with E-state index in [9.17, 15) is 22.8 Å². The summed E-state index contributed by atoms with van der Waals surface area (Å²) in [5.41, 5.74) is 0.904. The Kier molecular flexibility index (Phi) is 6.36. The van der Waals surface area contributed by atoms with Crippen LogP contribution in [0.2, 0.25) is 10.2 Å². The molecule has 1 N–H and O–H groups in total. The monoisotopic (exact) mass is 496 g/mol. The van der Waals surface area contributed by atoms with Crippen LogP contribution in [0.25, 0.3) is 0 Å². The number of hydrogen-bond donors (Lipinski definition) is 1. The summed E-state index contributed by atoms with van der Waals surface area (Å²) in [6.07, 6.45) is 0.262. The van der Waals surface area contributed by atoms with Gasteiger partial charge < -0.3 is 10.2 Å². The lowest BCUT2D eigenvalue weighted by molar-refractivity contribution is -0.119. The van der Waals surface area contributed by atoms with E-state index in [-0.39, 0.29) is 59.1 Å². The molecule has 11 heteroatoms. The van der Waals surface area contributed by atoms with Gasteiger partial charge >= 0.3 is 0 Å². The van der Waals surface area contributed by atoms with E-state index in [0.717, 1.165) is 6.07 Å². The number of halogens is 5. The Morgan fingerprint density at radius 3 is 2.67 bits per heavy atom. The van der Waals surface area contributed by atoms with Crippen molar-refractivity contribution < 1.29 is 22.8 Å². The van der Waals surface area contributed by atoms with Crippen LogP contribution < -0.4 is 10.2 Å². The molecule has 6 nitrogen and oxygen atoms in total. The maximum atomic E-state index is 14.8. The van der Waals surface area contributed by atoms with Crippen molar-refractivity contribution in [3.8, 4) is 0 Å². The average molecular weight is 497 g/mol. The molecule has 1 aliphatic heterocycles. The minimum absolute atomic E-state index is 0.00847. The quantitative estimate of drug-likeness (QED) is 0.565. The summed E-state index contributed by atoms with van der Waals surface area (Å²) in [6, 6.07) is 6.55. The SMILES string of the molecule is CC(=O)NCc1cc(Cl)c(F)c(N2CCc3c(nn(Cc4cccc(F)c4F)c3Cl)C2=O)c1. The third-order valence-corrected chi connectivity index (χ3v) is 5.97. The number of fused-ring (bicyclic) bond motifs is 1. The first kappa shape index (κ1) is 23.1.